The fourth-order valence-corrected chi connectivity index (χ4v) is 2.85. The Hall–Kier alpha value is -1.02. The third-order valence-corrected chi connectivity index (χ3v) is 3.95. The van der Waals surface area contributed by atoms with Crippen LogP contribution in [0.5, 0.6) is 0 Å². The maximum atomic E-state index is 3.59. The minimum absolute atomic E-state index is 0.577. The topological polar surface area (TPSA) is 15.3 Å². The van der Waals surface area contributed by atoms with Gasteiger partial charge in [-0.3, -0.25) is 0 Å². The number of nitrogens with zero attached hydrogens (tertiary/aromatic N) is 1. The quantitative estimate of drug-likeness (QED) is 0.879. The molecule has 1 aliphatic heterocycles. The fourth-order valence-electron chi connectivity index (χ4n) is 2.85. The molecule has 100 valence electrons. The van der Waals surface area contributed by atoms with Crippen LogP contribution < -0.4 is 10.2 Å². The lowest BCUT2D eigenvalue weighted by Crippen LogP contribution is -2.55. The van der Waals surface area contributed by atoms with Gasteiger partial charge in [-0.15, -0.1) is 0 Å². The van der Waals surface area contributed by atoms with Crippen LogP contribution in [0, 0.1) is 0 Å². The summed E-state index contributed by atoms with van der Waals surface area (Å²) in [5, 5.41) is 3.59. The standard InChI is InChI=1S/C16H26N2/c1-5-14-10-17-13(4)11-18(14)16-9-7-6-8-15(16)12(2)3/h6-9,12-14,17H,5,10-11H2,1-4H3. The van der Waals surface area contributed by atoms with Gasteiger partial charge in [-0.2, -0.15) is 0 Å². The summed E-state index contributed by atoms with van der Waals surface area (Å²) >= 11 is 0. The second-order valence-corrected chi connectivity index (χ2v) is 5.74. The van der Waals surface area contributed by atoms with Crippen LogP contribution in [0.4, 0.5) is 5.69 Å². The number of anilines is 1. The highest BCUT2D eigenvalue weighted by Gasteiger charge is 2.26. The van der Waals surface area contributed by atoms with Gasteiger partial charge in [0.25, 0.3) is 0 Å². The summed E-state index contributed by atoms with van der Waals surface area (Å²) in [5.74, 6) is 0.587. The van der Waals surface area contributed by atoms with Crippen LogP contribution in [0.1, 0.15) is 45.6 Å². The first-order valence-corrected chi connectivity index (χ1v) is 7.22. The van der Waals surface area contributed by atoms with Gasteiger partial charge in [0.1, 0.15) is 0 Å². The van der Waals surface area contributed by atoms with E-state index in [1.165, 1.54) is 17.7 Å². The molecule has 0 radical (unpaired) electrons. The molecule has 1 heterocycles. The molecule has 1 aromatic carbocycles. The highest BCUT2D eigenvalue weighted by molar-refractivity contribution is 5.56. The van der Waals surface area contributed by atoms with Gasteiger partial charge in [0.15, 0.2) is 0 Å². The molecule has 1 fully saturated rings. The Morgan fingerprint density at radius 3 is 2.72 bits per heavy atom. The summed E-state index contributed by atoms with van der Waals surface area (Å²) in [6, 6.07) is 10.1. The number of nitrogens with one attached hydrogen (secondary N) is 1. The van der Waals surface area contributed by atoms with Gasteiger partial charge in [-0.05, 0) is 30.9 Å². The van der Waals surface area contributed by atoms with Gasteiger partial charge in [0.2, 0.25) is 0 Å². The van der Waals surface area contributed by atoms with Gasteiger partial charge in [-0.25, -0.2) is 0 Å². The van der Waals surface area contributed by atoms with Gasteiger partial charge >= 0.3 is 0 Å². The SMILES string of the molecule is CCC1CNC(C)CN1c1ccccc1C(C)C. The normalized spacial score (nSPS) is 24.6. The molecular weight excluding hydrogens is 220 g/mol. The largest absolute Gasteiger partial charge is 0.365 e. The zero-order chi connectivity index (χ0) is 13.1. The van der Waals surface area contributed by atoms with Crippen molar-refractivity contribution in [1.29, 1.82) is 0 Å². The van der Waals surface area contributed by atoms with Crippen LogP contribution in [0.25, 0.3) is 0 Å². The van der Waals surface area contributed by atoms with E-state index in [9.17, 15) is 0 Å². The molecule has 1 N–H and O–H groups in total. The van der Waals surface area contributed by atoms with E-state index in [1.807, 2.05) is 0 Å². The lowest BCUT2D eigenvalue weighted by Gasteiger charge is -2.42. The summed E-state index contributed by atoms with van der Waals surface area (Å²) in [6.07, 6.45) is 1.20. The minimum Gasteiger partial charge on any atom is -0.365 e. The third-order valence-electron chi connectivity index (χ3n) is 3.95. The predicted octanol–water partition coefficient (Wildman–Crippen LogP) is 3.39. The summed E-state index contributed by atoms with van der Waals surface area (Å²) < 4.78 is 0. The number of piperazine rings is 1. The van der Waals surface area contributed by atoms with E-state index >= 15 is 0 Å². The molecule has 0 spiro atoms. The lowest BCUT2D eigenvalue weighted by atomic mass is 9.97. The molecule has 1 aromatic rings. The zero-order valence-electron chi connectivity index (χ0n) is 12.1. The first-order chi connectivity index (χ1) is 8.63. The van der Waals surface area contributed by atoms with Gasteiger partial charge in [0, 0.05) is 30.9 Å². The molecule has 2 heteroatoms. The number of para-hydroxylation sites is 1. The lowest BCUT2D eigenvalue weighted by molar-refractivity contribution is 0.401. The van der Waals surface area contributed by atoms with Gasteiger partial charge in [0.05, 0.1) is 0 Å². The first kappa shape index (κ1) is 13.4. The Bertz CT molecular complexity index is 386. The molecule has 2 rings (SSSR count). The van der Waals surface area contributed by atoms with Crippen molar-refractivity contribution in [2.75, 3.05) is 18.0 Å². The molecule has 0 saturated carbocycles. The van der Waals surface area contributed by atoms with Crippen LogP contribution >= 0.6 is 0 Å². The third kappa shape index (κ3) is 2.69. The average Bonchev–Trinajstić information content (AvgIpc) is 2.38. The Balaban J connectivity index is 2.33. The van der Waals surface area contributed by atoms with Crippen LogP contribution in [-0.4, -0.2) is 25.2 Å². The van der Waals surface area contributed by atoms with Crippen LogP contribution in [0.2, 0.25) is 0 Å². The maximum absolute atomic E-state index is 3.59. The number of benzene rings is 1. The van der Waals surface area contributed by atoms with E-state index in [1.54, 1.807) is 0 Å². The van der Waals surface area contributed by atoms with Crippen molar-refractivity contribution in [3.8, 4) is 0 Å². The zero-order valence-corrected chi connectivity index (χ0v) is 12.1. The van der Waals surface area contributed by atoms with E-state index in [-0.39, 0.29) is 0 Å². The highest BCUT2D eigenvalue weighted by Crippen LogP contribution is 2.30. The van der Waals surface area contributed by atoms with Gasteiger partial charge < -0.3 is 10.2 Å². The van der Waals surface area contributed by atoms with E-state index in [0.29, 0.717) is 18.0 Å². The number of hydrogen-bond acceptors (Lipinski definition) is 2. The van der Waals surface area contributed by atoms with Crippen molar-refractivity contribution in [3.63, 3.8) is 0 Å². The number of hydrogen-bond donors (Lipinski definition) is 1. The predicted molar refractivity (Wildman–Crippen MR) is 79.4 cm³/mol. The summed E-state index contributed by atoms with van der Waals surface area (Å²) in [4.78, 5) is 2.61. The fraction of sp³-hybridized carbons (Fsp3) is 0.625. The van der Waals surface area contributed by atoms with Gasteiger partial charge in [-0.1, -0.05) is 39.0 Å². The minimum atomic E-state index is 0.577. The molecule has 0 aliphatic carbocycles. The molecule has 1 aliphatic rings. The molecule has 2 nitrogen and oxygen atoms in total. The molecule has 0 amide bonds. The second-order valence-electron chi connectivity index (χ2n) is 5.74. The molecule has 2 atom stereocenters. The first-order valence-electron chi connectivity index (χ1n) is 7.22. The highest BCUT2D eigenvalue weighted by atomic mass is 15.2. The molecule has 0 aromatic heterocycles. The van der Waals surface area contributed by atoms with Crippen molar-refractivity contribution in [3.05, 3.63) is 29.8 Å². The van der Waals surface area contributed by atoms with Crippen molar-refractivity contribution in [2.24, 2.45) is 0 Å². The van der Waals surface area contributed by atoms with Crippen LogP contribution in [0.3, 0.4) is 0 Å². The Labute approximate surface area is 111 Å². The molecule has 0 bridgehead atoms. The Kier molecular flexibility index (Phi) is 4.28. The maximum Gasteiger partial charge on any atom is 0.0412 e. The van der Waals surface area contributed by atoms with Crippen molar-refractivity contribution >= 4 is 5.69 Å². The Morgan fingerprint density at radius 2 is 2.06 bits per heavy atom. The van der Waals surface area contributed by atoms with E-state index in [4.69, 9.17) is 0 Å². The summed E-state index contributed by atoms with van der Waals surface area (Å²) in [5.41, 5.74) is 2.91. The number of rotatable bonds is 3. The molecular formula is C16H26N2. The molecule has 2 unspecified atom stereocenters. The summed E-state index contributed by atoms with van der Waals surface area (Å²) in [7, 11) is 0. The van der Waals surface area contributed by atoms with Crippen LogP contribution in [-0.2, 0) is 0 Å². The van der Waals surface area contributed by atoms with Crippen molar-refractivity contribution in [1.82, 2.24) is 5.32 Å². The smallest absolute Gasteiger partial charge is 0.0412 e. The Morgan fingerprint density at radius 1 is 1.33 bits per heavy atom. The van der Waals surface area contributed by atoms with Crippen LogP contribution in [0.15, 0.2) is 24.3 Å². The molecule has 18 heavy (non-hydrogen) atoms. The summed E-state index contributed by atoms with van der Waals surface area (Å²) in [6.45, 7) is 11.3. The van der Waals surface area contributed by atoms with E-state index in [0.717, 1.165) is 13.1 Å². The monoisotopic (exact) mass is 246 g/mol. The van der Waals surface area contributed by atoms with Crippen molar-refractivity contribution < 1.29 is 0 Å². The van der Waals surface area contributed by atoms with E-state index in [2.05, 4.69) is 62.2 Å². The van der Waals surface area contributed by atoms with E-state index < -0.39 is 0 Å². The molecule has 1 saturated heterocycles. The average molecular weight is 246 g/mol. The van der Waals surface area contributed by atoms with Crippen molar-refractivity contribution in [2.45, 2.75) is 52.1 Å². The second kappa shape index (κ2) is 5.75.